The van der Waals surface area contributed by atoms with Crippen LogP contribution in [0.2, 0.25) is 0 Å². The maximum absolute atomic E-state index is 12.2. The Bertz CT molecular complexity index is 756. The van der Waals surface area contributed by atoms with Crippen molar-refractivity contribution in [1.82, 2.24) is 0 Å². The van der Waals surface area contributed by atoms with Crippen LogP contribution in [0.3, 0.4) is 0 Å². The molecule has 7 heteroatoms. The molecule has 0 saturated carbocycles. The highest BCUT2D eigenvalue weighted by atomic mass is 32.2. The van der Waals surface area contributed by atoms with E-state index in [2.05, 4.69) is 0 Å². The standard InChI is InChI=1S/C13H11NO5S/c1-10-2-5-12(6-3-10)20(17,18)13-7-4-11(19-13)8-9-14(15)16/h2-9H,1H3. The van der Waals surface area contributed by atoms with Crippen molar-refractivity contribution in [2.24, 2.45) is 0 Å². The number of hydrogen-bond donors (Lipinski definition) is 0. The first-order valence-electron chi connectivity index (χ1n) is 5.63. The van der Waals surface area contributed by atoms with Crippen molar-refractivity contribution < 1.29 is 17.8 Å². The molecule has 0 N–H and O–H groups in total. The molecule has 1 aromatic carbocycles. The first kappa shape index (κ1) is 14.0. The van der Waals surface area contributed by atoms with E-state index < -0.39 is 14.8 Å². The van der Waals surface area contributed by atoms with Crippen molar-refractivity contribution in [2.75, 3.05) is 0 Å². The molecule has 0 unspecified atom stereocenters. The topological polar surface area (TPSA) is 90.4 Å². The maximum atomic E-state index is 12.2. The zero-order valence-electron chi connectivity index (χ0n) is 10.5. The lowest BCUT2D eigenvalue weighted by Gasteiger charge is -2.01. The summed E-state index contributed by atoms with van der Waals surface area (Å²) in [5.41, 5.74) is 0.943. The molecule has 0 radical (unpaired) electrons. The number of furan rings is 1. The number of aryl methyl sites for hydroxylation is 1. The van der Waals surface area contributed by atoms with E-state index in [4.69, 9.17) is 4.42 Å². The van der Waals surface area contributed by atoms with Crippen molar-refractivity contribution in [3.8, 4) is 0 Å². The molecule has 6 nitrogen and oxygen atoms in total. The third-order valence-electron chi connectivity index (χ3n) is 2.56. The first-order chi connectivity index (χ1) is 9.39. The molecule has 104 valence electrons. The SMILES string of the molecule is Cc1ccc(S(=O)(=O)c2ccc(C=C[N+](=O)[O-])o2)cc1. The smallest absolute Gasteiger partial charge is 0.239 e. The van der Waals surface area contributed by atoms with Crippen molar-refractivity contribution in [2.45, 2.75) is 16.9 Å². The second kappa shape index (κ2) is 5.30. The predicted octanol–water partition coefficient (Wildman–Crippen LogP) is 2.67. The lowest BCUT2D eigenvalue weighted by molar-refractivity contribution is -0.401. The van der Waals surface area contributed by atoms with Crippen LogP contribution in [0.4, 0.5) is 0 Å². The summed E-state index contributed by atoms with van der Waals surface area (Å²) in [5, 5.41) is 9.94. The minimum Gasteiger partial charge on any atom is -0.445 e. The van der Waals surface area contributed by atoms with Gasteiger partial charge in [-0.1, -0.05) is 17.7 Å². The molecule has 1 heterocycles. The van der Waals surface area contributed by atoms with E-state index in [0.717, 1.165) is 11.6 Å². The molecule has 2 rings (SSSR count). The normalized spacial score (nSPS) is 11.8. The molecule has 0 aliphatic rings. The Balaban J connectivity index is 2.35. The summed E-state index contributed by atoms with van der Waals surface area (Å²) in [5.74, 6) is 0.104. The average molecular weight is 293 g/mol. The molecule has 0 bridgehead atoms. The summed E-state index contributed by atoms with van der Waals surface area (Å²) in [6.45, 7) is 1.85. The molecular formula is C13H11NO5S. The van der Waals surface area contributed by atoms with Gasteiger partial charge in [0.1, 0.15) is 5.76 Å². The van der Waals surface area contributed by atoms with E-state index in [9.17, 15) is 18.5 Å². The van der Waals surface area contributed by atoms with Gasteiger partial charge in [0.05, 0.1) is 15.9 Å². The van der Waals surface area contributed by atoms with E-state index in [-0.39, 0.29) is 15.7 Å². The maximum Gasteiger partial charge on any atom is 0.239 e. The van der Waals surface area contributed by atoms with Crippen molar-refractivity contribution in [1.29, 1.82) is 0 Å². The second-order valence-electron chi connectivity index (χ2n) is 4.07. The van der Waals surface area contributed by atoms with Crippen LogP contribution in [0, 0.1) is 17.0 Å². The monoisotopic (exact) mass is 293 g/mol. The highest BCUT2D eigenvalue weighted by Crippen LogP contribution is 2.23. The van der Waals surface area contributed by atoms with Gasteiger partial charge in [0, 0.05) is 0 Å². The Hall–Kier alpha value is -2.41. The average Bonchev–Trinajstić information content (AvgIpc) is 2.86. The van der Waals surface area contributed by atoms with Crippen LogP contribution in [0.15, 0.2) is 57.0 Å². The van der Waals surface area contributed by atoms with Gasteiger partial charge in [0.2, 0.25) is 21.1 Å². The van der Waals surface area contributed by atoms with E-state index in [0.29, 0.717) is 6.20 Å². The summed E-state index contributed by atoms with van der Waals surface area (Å²) in [6, 6.07) is 8.97. The molecule has 0 aliphatic heterocycles. The van der Waals surface area contributed by atoms with Gasteiger partial charge in [-0.05, 0) is 31.2 Å². The van der Waals surface area contributed by atoms with E-state index in [1.165, 1.54) is 24.3 Å². The Labute approximate surface area is 115 Å². The Kier molecular flexibility index (Phi) is 3.71. The van der Waals surface area contributed by atoms with Crippen LogP contribution in [0.5, 0.6) is 0 Å². The number of benzene rings is 1. The molecule has 0 atom stereocenters. The lowest BCUT2D eigenvalue weighted by atomic mass is 10.2. The molecule has 0 saturated heterocycles. The fourth-order valence-electron chi connectivity index (χ4n) is 1.54. The van der Waals surface area contributed by atoms with Crippen molar-refractivity contribution in [3.63, 3.8) is 0 Å². The van der Waals surface area contributed by atoms with E-state index >= 15 is 0 Å². The van der Waals surface area contributed by atoms with Crippen LogP contribution < -0.4 is 0 Å². The van der Waals surface area contributed by atoms with Gasteiger partial charge in [0.15, 0.2) is 0 Å². The quantitative estimate of drug-likeness (QED) is 0.638. The largest absolute Gasteiger partial charge is 0.445 e. The molecule has 20 heavy (non-hydrogen) atoms. The summed E-state index contributed by atoms with van der Waals surface area (Å²) in [7, 11) is -3.74. The number of sulfone groups is 1. The lowest BCUT2D eigenvalue weighted by Crippen LogP contribution is -2.00. The van der Waals surface area contributed by atoms with Crippen LogP contribution in [-0.2, 0) is 9.84 Å². The van der Waals surface area contributed by atoms with E-state index in [1.807, 2.05) is 6.92 Å². The minimum absolute atomic E-state index is 0.104. The third-order valence-corrected chi connectivity index (χ3v) is 4.20. The Morgan fingerprint density at radius 3 is 2.40 bits per heavy atom. The summed E-state index contributed by atoms with van der Waals surface area (Å²) in [4.78, 5) is 9.65. The highest BCUT2D eigenvalue weighted by molar-refractivity contribution is 7.91. The predicted molar refractivity (Wildman–Crippen MR) is 71.4 cm³/mol. The molecule has 2 aromatic rings. The van der Waals surface area contributed by atoms with Gasteiger partial charge in [-0.3, -0.25) is 10.1 Å². The van der Waals surface area contributed by atoms with Crippen molar-refractivity contribution in [3.05, 3.63) is 64.0 Å². The zero-order valence-corrected chi connectivity index (χ0v) is 11.3. The number of hydrogen-bond acceptors (Lipinski definition) is 5. The third kappa shape index (κ3) is 2.94. The number of nitro groups is 1. The summed E-state index contributed by atoms with van der Waals surface area (Å²) >= 11 is 0. The fourth-order valence-corrected chi connectivity index (χ4v) is 2.72. The molecule has 0 fully saturated rings. The zero-order chi connectivity index (χ0) is 14.8. The number of rotatable bonds is 4. The fraction of sp³-hybridized carbons (Fsp3) is 0.0769. The summed E-state index contributed by atoms with van der Waals surface area (Å²) < 4.78 is 29.6. The Morgan fingerprint density at radius 2 is 1.80 bits per heavy atom. The first-order valence-corrected chi connectivity index (χ1v) is 7.11. The van der Waals surface area contributed by atoms with Gasteiger partial charge in [-0.25, -0.2) is 8.42 Å². The highest BCUT2D eigenvalue weighted by Gasteiger charge is 2.21. The molecule has 0 spiro atoms. The van der Waals surface area contributed by atoms with Crippen LogP contribution in [-0.4, -0.2) is 13.3 Å². The molecule has 0 aliphatic carbocycles. The second-order valence-corrected chi connectivity index (χ2v) is 5.96. The molecule has 0 amide bonds. The van der Waals surface area contributed by atoms with E-state index in [1.54, 1.807) is 12.1 Å². The molecule has 1 aromatic heterocycles. The van der Waals surface area contributed by atoms with Gasteiger partial charge in [0.25, 0.3) is 0 Å². The van der Waals surface area contributed by atoms with Crippen LogP contribution in [0.1, 0.15) is 11.3 Å². The summed E-state index contributed by atoms with van der Waals surface area (Å²) in [6.07, 6.45) is 1.77. The van der Waals surface area contributed by atoms with Gasteiger partial charge in [-0.2, -0.15) is 0 Å². The van der Waals surface area contributed by atoms with Gasteiger partial charge < -0.3 is 4.42 Å². The van der Waals surface area contributed by atoms with Crippen molar-refractivity contribution >= 4 is 15.9 Å². The van der Waals surface area contributed by atoms with Gasteiger partial charge >= 0.3 is 0 Å². The number of nitrogens with zero attached hydrogens (tertiary/aromatic N) is 1. The Morgan fingerprint density at radius 1 is 1.15 bits per heavy atom. The van der Waals surface area contributed by atoms with Gasteiger partial charge in [-0.15, -0.1) is 0 Å². The molecular weight excluding hydrogens is 282 g/mol. The minimum atomic E-state index is -3.74. The van der Waals surface area contributed by atoms with Crippen LogP contribution in [0.25, 0.3) is 6.08 Å². The van der Waals surface area contributed by atoms with Crippen LogP contribution >= 0.6 is 0 Å².